The molecule has 0 unspecified atom stereocenters. The molecule has 1 aliphatic heterocycles. The van der Waals surface area contributed by atoms with Gasteiger partial charge in [-0.3, -0.25) is 4.90 Å². The highest BCUT2D eigenvalue weighted by atomic mass is 19.1. The molecule has 0 amide bonds. The van der Waals surface area contributed by atoms with Crippen LogP contribution < -0.4 is 0 Å². The fourth-order valence-electron chi connectivity index (χ4n) is 3.62. The molecule has 4 nitrogen and oxygen atoms in total. The highest BCUT2D eigenvalue weighted by molar-refractivity contribution is 5.63. The maximum Gasteiger partial charge on any atom is 0.123 e. The van der Waals surface area contributed by atoms with Crippen LogP contribution >= 0.6 is 0 Å². The second kappa shape index (κ2) is 7.62. The Morgan fingerprint density at radius 2 is 1.85 bits per heavy atom. The van der Waals surface area contributed by atoms with Gasteiger partial charge in [-0.25, -0.2) is 9.07 Å². The van der Waals surface area contributed by atoms with E-state index in [0.29, 0.717) is 6.54 Å². The normalized spacial score (nSPS) is 18.0. The van der Waals surface area contributed by atoms with E-state index in [4.69, 9.17) is 5.10 Å². The molecule has 2 heterocycles. The minimum Gasteiger partial charge on any atom is -0.392 e. The first-order chi connectivity index (χ1) is 13.1. The largest absolute Gasteiger partial charge is 0.392 e. The summed E-state index contributed by atoms with van der Waals surface area (Å²) >= 11 is 0. The predicted octanol–water partition coefficient (Wildman–Crippen LogP) is 3.94. The topological polar surface area (TPSA) is 41.3 Å². The average molecular weight is 365 g/mol. The first-order valence-electron chi connectivity index (χ1n) is 9.40. The van der Waals surface area contributed by atoms with Gasteiger partial charge in [0.05, 0.1) is 17.5 Å². The van der Waals surface area contributed by atoms with Crippen LogP contribution in [0.4, 0.5) is 4.39 Å². The lowest BCUT2D eigenvalue weighted by molar-refractivity contribution is 0.0669. The van der Waals surface area contributed by atoms with Crippen molar-refractivity contribution >= 4 is 0 Å². The number of nitrogens with zero attached hydrogens (tertiary/aromatic N) is 3. The molecule has 0 aliphatic carbocycles. The van der Waals surface area contributed by atoms with Crippen molar-refractivity contribution in [3.8, 4) is 16.9 Å². The third-order valence-electron chi connectivity index (χ3n) is 5.08. The Morgan fingerprint density at radius 1 is 1.11 bits per heavy atom. The van der Waals surface area contributed by atoms with Crippen LogP contribution in [0.5, 0.6) is 0 Å². The Kier molecular flexibility index (Phi) is 5.05. The van der Waals surface area contributed by atoms with Gasteiger partial charge in [0, 0.05) is 30.4 Å². The van der Waals surface area contributed by atoms with Crippen LogP contribution in [0.3, 0.4) is 0 Å². The highest BCUT2D eigenvalue weighted by Gasteiger charge is 2.21. The molecule has 1 aromatic heterocycles. The van der Waals surface area contributed by atoms with Crippen molar-refractivity contribution in [3.05, 3.63) is 71.7 Å². The molecule has 1 N–H and O–H groups in total. The van der Waals surface area contributed by atoms with Gasteiger partial charge < -0.3 is 5.11 Å². The maximum atomic E-state index is 13.4. The Bertz CT molecular complexity index is 902. The van der Waals surface area contributed by atoms with Crippen LogP contribution in [-0.2, 0) is 6.54 Å². The van der Waals surface area contributed by atoms with E-state index in [1.54, 1.807) is 12.1 Å². The van der Waals surface area contributed by atoms with E-state index >= 15 is 0 Å². The second-order valence-electron chi connectivity index (χ2n) is 7.32. The molecular weight excluding hydrogens is 341 g/mol. The van der Waals surface area contributed by atoms with E-state index in [1.165, 1.54) is 17.7 Å². The van der Waals surface area contributed by atoms with Crippen molar-refractivity contribution in [3.63, 3.8) is 0 Å². The van der Waals surface area contributed by atoms with Gasteiger partial charge in [-0.1, -0.05) is 17.7 Å². The van der Waals surface area contributed by atoms with Crippen molar-refractivity contribution in [2.75, 3.05) is 13.1 Å². The Labute approximate surface area is 158 Å². The zero-order valence-corrected chi connectivity index (χ0v) is 15.5. The molecule has 27 heavy (non-hydrogen) atoms. The van der Waals surface area contributed by atoms with Crippen molar-refractivity contribution in [1.82, 2.24) is 14.7 Å². The van der Waals surface area contributed by atoms with Crippen LogP contribution in [0.2, 0.25) is 0 Å². The van der Waals surface area contributed by atoms with E-state index in [1.807, 2.05) is 23.0 Å². The molecule has 1 atom stereocenters. The lowest BCUT2D eigenvalue weighted by atomic mass is 10.1. The third-order valence-corrected chi connectivity index (χ3v) is 5.08. The molecule has 140 valence electrons. The van der Waals surface area contributed by atoms with Crippen molar-refractivity contribution in [2.45, 2.75) is 32.4 Å². The van der Waals surface area contributed by atoms with E-state index in [-0.39, 0.29) is 11.9 Å². The van der Waals surface area contributed by atoms with Gasteiger partial charge in [-0.15, -0.1) is 0 Å². The molecule has 4 rings (SSSR count). The molecule has 0 bridgehead atoms. The molecule has 0 saturated carbocycles. The first kappa shape index (κ1) is 17.9. The van der Waals surface area contributed by atoms with Gasteiger partial charge in [0.15, 0.2) is 0 Å². The Hall–Kier alpha value is -2.50. The minimum absolute atomic E-state index is 0.252. The number of β-amino-alcohol motifs (C(OH)–C–C–N with tert-alkyl or cyclic N) is 1. The smallest absolute Gasteiger partial charge is 0.123 e. The summed E-state index contributed by atoms with van der Waals surface area (Å²) in [5.74, 6) is -0.252. The standard InChI is InChI=1S/C22H24FN3O/c1-16-4-10-20(11-5-16)26-14-18(13-25-12-2-3-21(27)15-25)22(24-26)17-6-8-19(23)9-7-17/h4-11,14,21,27H,2-3,12-13,15H2,1H3/t21-/m0/s1. The summed E-state index contributed by atoms with van der Waals surface area (Å²) in [4.78, 5) is 2.26. The number of rotatable bonds is 4. The molecular formula is C22H24FN3O. The van der Waals surface area contributed by atoms with Crippen LogP contribution in [0.15, 0.2) is 54.7 Å². The highest BCUT2D eigenvalue weighted by Crippen LogP contribution is 2.26. The quantitative estimate of drug-likeness (QED) is 0.761. The third kappa shape index (κ3) is 4.10. The molecule has 2 aromatic carbocycles. The van der Waals surface area contributed by atoms with Crippen molar-refractivity contribution in [2.24, 2.45) is 0 Å². The summed E-state index contributed by atoms with van der Waals surface area (Å²) in [6.45, 7) is 4.42. The SMILES string of the molecule is Cc1ccc(-n2cc(CN3CCC[C@H](O)C3)c(-c3ccc(F)cc3)n2)cc1. The number of aliphatic hydroxyl groups excluding tert-OH is 1. The average Bonchev–Trinajstić information content (AvgIpc) is 3.07. The number of hydrogen-bond donors (Lipinski definition) is 1. The first-order valence-corrected chi connectivity index (χ1v) is 9.40. The fraction of sp³-hybridized carbons (Fsp3) is 0.318. The fourth-order valence-corrected chi connectivity index (χ4v) is 3.62. The number of aryl methyl sites for hydroxylation is 1. The summed E-state index contributed by atoms with van der Waals surface area (Å²) in [6, 6.07) is 14.7. The number of benzene rings is 2. The zero-order chi connectivity index (χ0) is 18.8. The van der Waals surface area contributed by atoms with E-state index < -0.39 is 0 Å². The molecule has 1 saturated heterocycles. The van der Waals surface area contributed by atoms with Crippen LogP contribution in [-0.4, -0.2) is 39.0 Å². The number of aliphatic hydroxyl groups is 1. The predicted molar refractivity (Wildman–Crippen MR) is 104 cm³/mol. The van der Waals surface area contributed by atoms with Gasteiger partial charge in [-0.2, -0.15) is 5.10 Å². The minimum atomic E-state index is -0.264. The molecule has 3 aromatic rings. The van der Waals surface area contributed by atoms with E-state index in [0.717, 1.165) is 48.4 Å². The van der Waals surface area contributed by atoms with Gasteiger partial charge >= 0.3 is 0 Å². The molecule has 1 fully saturated rings. The Balaban J connectivity index is 1.70. The van der Waals surface area contributed by atoms with Crippen LogP contribution in [0.1, 0.15) is 24.0 Å². The summed E-state index contributed by atoms with van der Waals surface area (Å²) in [5, 5.41) is 14.8. The van der Waals surface area contributed by atoms with Gasteiger partial charge in [0.1, 0.15) is 5.82 Å². The number of hydrogen-bond acceptors (Lipinski definition) is 3. The van der Waals surface area contributed by atoms with Crippen molar-refractivity contribution < 1.29 is 9.50 Å². The van der Waals surface area contributed by atoms with Crippen molar-refractivity contribution in [1.29, 1.82) is 0 Å². The molecule has 5 heteroatoms. The number of aromatic nitrogens is 2. The van der Waals surface area contributed by atoms with Crippen LogP contribution in [0.25, 0.3) is 16.9 Å². The van der Waals surface area contributed by atoms with E-state index in [2.05, 4.69) is 24.0 Å². The number of halogens is 1. The molecule has 0 radical (unpaired) electrons. The van der Waals surface area contributed by atoms with Crippen LogP contribution in [0, 0.1) is 12.7 Å². The monoisotopic (exact) mass is 365 g/mol. The maximum absolute atomic E-state index is 13.4. The number of piperidine rings is 1. The zero-order valence-electron chi connectivity index (χ0n) is 15.5. The summed E-state index contributed by atoms with van der Waals surface area (Å²) in [5.41, 5.74) is 5.03. The van der Waals surface area contributed by atoms with Gasteiger partial charge in [0.25, 0.3) is 0 Å². The Morgan fingerprint density at radius 3 is 2.56 bits per heavy atom. The summed E-state index contributed by atoms with van der Waals surface area (Å²) in [7, 11) is 0. The summed E-state index contributed by atoms with van der Waals surface area (Å²) in [6.07, 6.45) is 3.65. The molecule has 0 spiro atoms. The van der Waals surface area contributed by atoms with Gasteiger partial charge in [-0.05, 0) is 62.7 Å². The summed E-state index contributed by atoms with van der Waals surface area (Å²) < 4.78 is 15.2. The van der Waals surface area contributed by atoms with E-state index in [9.17, 15) is 9.50 Å². The lowest BCUT2D eigenvalue weighted by Gasteiger charge is -2.29. The second-order valence-corrected chi connectivity index (χ2v) is 7.32. The molecule has 1 aliphatic rings. The number of likely N-dealkylation sites (tertiary alicyclic amines) is 1. The van der Waals surface area contributed by atoms with Gasteiger partial charge in [0.2, 0.25) is 0 Å². The lowest BCUT2D eigenvalue weighted by Crippen LogP contribution is -2.37.